The van der Waals surface area contributed by atoms with Gasteiger partial charge >= 0.3 is 0 Å². The molecule has 0 aliphatic rings. The maximum atomic E-state index is 5.28. The van der Waals surface area contributed by atoms with Gasteiger partial charge < -0.3 is 9.13 Å². The molecular weight excluding hydrogens is 777 g/mol. The molecule has 0 amide bonds. The SMILES string of the molecule is c1ccc(-c2nc(-c3ccc4ccccc4c3)cc(-c3ccc(-n4c5ccccc5c5cc(-c6ccc7c(c6)c6ccccc6n7-c6ccccc6)ccc54)c4ccccc34)n2)cc1. The second-order valence-corrected chi connectivity index (χ2v) is 16.6. The Labute approximate surface area is 369 Å². The molecule has 3 heterocycles. The Morgan fingerprint density at radius 2 is 0.812 bits per heavy atom. The van der Waals surface area contributed by atoms with Gasteiger partial charge in [0.2, 0.25) is 0 Å². The Hall–Kier alpha value is -8.60. The van der Waals surface area contributed by atoms with Crippen molar-refractivity contribution in [1.29, 1.82) is 0 Å². The second kappa shape index (κ2) is 14.5. The molecule has 0 unspecified atom stereocenters. The van der Waals surface area contributed by atoms with E-state index in [4.69, 9.17) is 9.97 Å². The summed E-state index contributed by atoms with van der Waals surface area (Å²) in [6, 6.07) is 82.8. The van der Waals surface area contributed by atoms with Gasteiger partial charge in [0.15, 0.2) is 5.82 Å². The minimum Gasteiger partial charge on any atom is -0.309 e. The molecule has 3 aromatic heterocycles. The zero-order chi connectivity index (χ0) is 42.1. The van der Waals surface area contributed by atoms with E-state index in [1.807, 2.05) is 18.2 Å². The first-order chi connectivity index (χ1) is 31.7. The summed E-state index contributed by atoms with van der Waals surface area (Å²) in [6.45, 7) is 0. The van der Waals surface area contributed by atoms with Crippen LogP contribution in [0.5, 0.6) is 0 Å². The van der Waals surface area contributed by atoms with Crippen LogP contribution in [-0.2, 0) is 0 Å². The van der Waals surface area contributed by atoms with Crippen molar-refractivity contribution in [3.8, 4) is 56.4 Å². The third kappa shape index (κ3) is 5.77. The summed E-state index contributed by atoms with van der Waals surface area (Å²) in [7, 11) is 0. The molecule has 0 bridgehead atoms. The van der Waals surface area contributed by atoms with E-state index < -0.39 is 0 Å². The van der Waals surface area contributed by atoms with E-state index in [-0.39, 0.29) is 0 Å². The summed E-state index contributed by atoms with van der Waals surface area (Å²) >= 11 is 0. The first-order valence-corrected chi connectivity index (χ1v) is 21.8. The smallest absolute Gasteiger partial charge is 0.160 e. The lowest BCUT2D eigenvalue weighted by Crippen LogP contribution is -1.99. The maximum Gasteiger partial charge on any atom is 0.160 e. The lowest BCUT2D eigenvalue weighted by atomic mass is 9.98. The first-order valence-electron chi connectivity index (χ1n) is 21.8. The van der Waals surface area contributed by atoms with E-state index in [2.05, 4.69) is 221 Å². The molecule has 13 aromatic rings. The van der Waals surface area contributed by atoms with Crippen LogP contribution in [0.3, 0.4) is 0 Å². The van der Waals surface area contributed by atoms with Gasteiger partial charge in [-0.05, 0) is 94.0 Å². The number of nitrogens with zero attached hydrogens (tertiary/aromatic N) is 4. The van der Waals surface area contributed by atoms with Crippen molar-refractivity contribution in [3.63, 3.8) is 0 Å². The maximum absolute atomic E-state index is 5.28. The summed E-state index contributed by atoms with van der Waals surface area (Å²) in [5.41, 5.74) is 14.3. The van der Waals surface area contributed by atoms with Crippen LogP contribution in [0.1, 0.15) is 0 Å². The molecule has 4 nitrogen and oxygen atoms in total. The molecule has 0 aliphatic heterocycles. The summed E-state index contributed by atoms with van der Waals surface area (Å²) in [4.78, 5) is 10.4. The topological polar surface area (TPSA) is 35.6 Å². The summed E-state index contributed by atoms with van der Waals surface area (Å²) < 4.78 is 4.81. The molecule has 4 heteroatoms. The zero-order valence-electron chi connectivity index (χ0n) is 34.7. The van der Waals surface area contributed by atoms with Crippen molar-refractivity contribution in [1.82, 2.24) is 19.1 Å². The third-order valence-electron chi connectivity index (χ3n) is 12.9. The molecule has 0 aliphatic carbocycles. The van der Waals surface area contributed by atoms with Gasteiger partial charge in [-0.3, -0.25) is 0 Å². The van der Waals surface area contributed by atoms with Gasteiger partial charge in [-0.2, -0.15) is 0 Å². The van der Waals surface area contributed by atoms with Gasteiger partial charge in [0, 0.05) is 49.3 Å². The summed E-state index contributed by atoms with van der Waals surface area (Å²) in [6.07, 6.45) is 0. The van der Waals surface area contributed by atoms with Crippen LogP contribution in [-0.4, -0.2) is 19.1 Å². The van der Waals surface area contributed by atoms with E-state index >= 15 is 0 Å². The minimum atomic E-state index is 0.703. The lowest BCUT2D eigenvalue weighted by molar-refractivity contribution is 1.18. The van der Waals surface area contributed by atoms with Crippen molar-refractivity contribution in [2.24, 2.45) is 0 Å². The Kier molecular flexibility index (Phi) is 8.18. The average Bonchev–Trinajstić information content (AvgIpc) is 3.88. The van der Waals surface area contributed by atoms with Gasteiger partial charge in [0.25, 0.3) is 0 Å². The van der Waals surface area contributed by atoms with Gasteiger partial charge in [-0.25, -0.2) is 9.97 Å². The van der Waals surface area contributed by atoms with E-state index in [1.165, 1.54) is 60.0 Å². The van der Waals surface area contributed by atoms with Crippen LogP contribution in [0.25, 0.3) is 122 Å². The highest BCUT2D eigenvalue weighted by atomic mass is 15.0. The number of para-hydroxylation sites is 3. The number of rotatable bonds is 6. The number of hydrogen-bond donors (Lipinski definition) is 0. The molecule has 0 atom stereocenters. The fourth-order valence-electron chi connectivity index (χ4n) is 9.92. The highest BCUT2D eigenvalue weighted by Gasteiger charge is 2.19. The van der Waals surface area contributed by atoms with Gasteiger partial charge in [0.1, 0.15) is 0 Å². The Balaban J connectivity index is 0.968. The highest BCUT2D eigenvalue weighted by molar-refractivity contribution is 6.14. The molecular formula is C60H38N4. The van der Waals surface area contributed by atoms with Crippen molar-refractivity contribution >= 4 is 65.2 Å². The molecule has 64 heavy (non-hydrogen) atoms. The molecule has 0 saturated carbocycles. The molecule has 0 N–H and O–H groups in total. The number of fused-ring (bicyclic) bond motifs is 8. The van der Waals surface area contributed by atoms with Crippen molar-refractivity contribution in [2.75, 3.05) is 0 Å². The van der Waals surface area contributed by atoms with Crippen LogP contribution >= 0.6 is 0 Å². The van der Waals surface area contributed by atoms with E-state index in [1.54, 1.807) is 0 Å². The van der Waals surface area contributed by atoms with Gasteiger partial charge in [-0.1, -0.05) is 164 Å². The quantitative estimate of drug-likeness (QED) is 0.168. The Morgan fingerprint density at radius 1 is 0.281 bits per heavy atom. The summed E-state index contributed by atoms with van der Waals surface area (Å²) in [5, 5.41) is 9.61. The number of aromatic nitrogens is 4. The summed E-state index contributed by atoms with van der Waals surface area (Å²) in [5.74, 6) is 0.703. The van der Waals surface area contributed by atoms with Crippen molar-refractivity contribution in [3.05, 3.63) is 231 Å². The van der Waals surface area contributed by atoms with E-state index in [9.17, 15) is 0 Å². The predicted molar refractivity (Wildman–Crippen MR) is 267 cm³/mol. The molecule has 10 aromatic carbocycles. The van der Waals surface area contributed by atoms with Crippen LogP contribution in [0.2, 0.25) is 0 Å². The number of hydrogen-bond acceptors (Lipinski definition) is 2. The van der Waals surface area contributed by atoms with E-state index in [0.717, 1.165) is 55.7 Å². The monoisotopic (exact) mass is 814 g/mol. The second-order valence-electron chi connectivity index (χ2n) is 16.6. The van der Waals surface area contributed by atoms with Crippen LogP contribution in [0.4, 0.5) is 0 Å². The van der Waals surface area contributed by atoms with Gasteiger partial charge in [-0.15, -0.1) is 0 Å². The first kappa shape index (κ1) is 36.1. The Morgan fingerprint density at radius 3 is 1.53 bits per heavy atom. The van der Waals surface area contributed by atoms with E-state index in [0.29, 0.717) is 5.82 Å². The molecule has 0 saturated heterocycles. The standard InChI is InChI=1S/C60H38N4/c1-3-16-40(17-4-1)60-61-53(44-28-27-39-15-7-8-18-41(39)35-44)38-54(62-60)47-31-34-57(48-22-10-9-21-46(47)48)64-56-26-14-12-24-50(56)52-37-43(30-33-59(52)64)42-29-32-58-51(36-42)49-23-11-13-25-55(49)63(58)45-19-5-2-6-20-45/h1-38H. The third-order valence-corrected chi connectivity index (χ3v) is 12.9. The Bertz CT molecular complexity index is 3950. The fourth-order valence-corrected chi connectivity index (χ4v) is 9.92. The van der Waals surface area contributed by atoms with Crippen LogP contribution < -0.4 is 0 Å². The fraction of sp³-hybridized carbons (Fsp3) is 0. The molecule has 13 rings (SSSR count). The molecule has 0 radical (unpaired) electrons. The largest absolute Gasteiger partial charge is 0.309 e. The average molecular weight is 815 g/mol. The minimum absolute atomic E-state index is 0.703. The van der Waals surface area contributed by atoms with Crippen molar-refractivity contribution in [2.45, 2.75) is 0 Å². The molecule has 298 valence electrons. The number of benzene rings is 10. The van der Waals surface area contributed by atoms with Crippen LogP contribution in [0.15, 0.2) is 231 Å². The normalized spacial score (nSPS) is 11.8. The van der Waals surface area contributed by atoms with Gasteiger partial charge in [0.05, 0.1) is 39.1 Å². The van der Waals surface area contributed by atoms with Crippen LogP contribution in [0, 0.1) is 0 Å². The molecule has 0 spiro atoms. The highest BCUT2D eigenvalue weighted by Crippen LogP contribution is 2.41. The zero-order valence-corrected chi connectivity index (χ0v) is 34.7. The predicted octanol–water partition coefficient (Wildman–Crippen LogP) is 15.6. The molecule has 0 fully saturated rings. The van der Waals surface area contributed by atoms with Crippen molar-refractivity contribution < 1.29 is 0 Å². The lowest BCUT2D eigenvalue weighted by Gasteiger charge is -2.16.